The van der Waals surface area contributed by atoms with Gasteiger partial charge in [0.15, 0.2) is 0 Å². The molecule has 1 aliphatic carbocycles. The number of carbonyl (C=O) groups is 2. The first-order valence-corrected chi connectivity index (χ1v) is 7.95. The molecule has 1 atom stereocenters. The number of urea groups is 1. The van der Waals surface area contributed by atoms with Crippen LogP contribution in [0.2, 0.25) is 0 Å². The van der Waals surface area contributed by atoms with Crippen LogP contribution >= 0.6 is 0 Å². The molecule has 0 aromatic carbocycles. The van der Waals surface area contributed by atoms with Crippen LogP contribution in [0.25, 0.3) is 0 Å². The number of carbonyl (C=O) groups excluding carboxylic acids is 1. The molecule has 0 aromatic rings. The number of aliphatic carboxylic acids is 1. The van der Waals surface area contributed by atoms with Gasteiger partial charge in [0.05, 0.1) is 6.42 Å². The molecule has 6 nitrogen and oxygen atoms in total. The summed E-state index contributed by atoms with van der Waals surface area (Å²) in [4.78, 5) is 27.3. The standard InChI is InChI=1S/C15H27N3O3/c1-11(2)13(9-14(19)20)16-15(21)18-7-5-17(6-8-18)10-12-3-4-12/h11-13H,3-10H2,1-2H3,(H,16,21)(H,19,20). The maximum absolute atomic E-state index is 12.2. The second-order valence-corrected chi connectivity index (χ2v) is 6.63. The molecule has 2 N–H and O–H groups in total. The number of piperazine rings is 1. The summed E-state index contributed by atoms with van der Waals surface area (Å²) in [6.45, 7) is 8.35. The Labute approximate surface area is 126 Å². The van der Waals surface area contributed by atoms with Gasteiger partial charge in [-0.1, -0.05) is 13.8 Å². The van der Waals surface area contributed by atoms with E-state index in [1.807, 2.05) is 13.8 Å². The summed E-state index contributed by atoms with van der Waals surface area (Å²) < 4.78 is 0. The summed E-state index contributed by atoms with van der Waals surface area (Å²) in [5.41, 5.74) is 0. The first-order chi connectivity index (χ1) is 9.95. The van der Waals surface area contributed by atoms with Gasteiger partial charge in [0.1, 0.15) is 0 Å². The molecule has 2 amide bonds. The average molecular weight is 297 g/mol. The average Bonchev–Trinajstić information content (AvgIpc) is 3.22. The lowest BCUT2D eigenvalue weighted by Gasteiger charge is -2.36. The molecule has 0 bridgehead atoms. The summed E-state index contributed by atoms with van der Waals surface area (Å²) >= 11 is 0. The van der Waals surface area contributed by atoms with E-state index in [1.54, 1.807) is 4.90 Å². The van der Waals surface area contributed by atoms with Crippen molar-refractivity contribution in [1.82, 2.24) is 15.1 Å². The molecule has 0 radical (unpaired) electrons. The number of nitrogens with zero attached hydrogens (tertiary/aromatic N) is 2. The van der Waals surface area contributed by atoms with Gasteiger partial charge in [-0.3, -0.25) is 9.69 Å². The molecule has 1 saturated carbocycles. The fourth-order valence-electron chi connectivity index (χ4n) is 2.69. The van der Waals surface area contributed by atoms with E-state index >= 15 is 0 Å². The first kappa shape index (κ1) is 16.1. The van der Waals surface area contributed by atoms with Crippen LogP contribution in [0.4, 0.5) is 4.79 Å². The van der Waals surface area contributed by atoms with Crippen molar-refractivity contribution in [1.29, 1.82) is 0 Å². The Morgan fingerprint density at radius 3 is 2.29 bits per heavy atom. The summed E-state index contributed by atoms with van der Waals surface area (Å²) in [6, 6.07) is -0.430. The lowest BCUT2D eigenvalue weighted by Crippen LogP contribution is -2.54. The molecule has 1 heterocycles. The van der Waals surface area contributed by atoms with E-state index in [4.69, 9.17) is 5.11 Å². The van der Waals surface area contributed by atoms with Crippen LogP contribution in [0.3, 0.4) is 0 Å². The minimum Gasteiger partial charge on any atom is -0.481 e. The Morgan fingerprint density at radius 1 is 1.19 bits per heavy atom. The normalized spacial score (nSPS) is 21.4. The fourth-order valence-corrected chi connectivity index (χ4v) is 2.69. The number of hydrogen-bond donors (Lipinski definition) is 2. The van der Waals surface area contributed by atoms with Crippen LogP contribution in [-0.4, -0.2) is 65.7 Å². The number of nitrogens with one attached hydrogen (secondary N) is 1. The van der Waals surface area contributed by atoms with Gasteiger partial charge in [-0.25, -0.2) is 4.79 Å². The van der Waals surface area contributed by atoms with E-state index in [9.17, 15) is 9.59 Å². The van der Waals surface area contributed by atoms with E-state index in [0.29, 0.717) is 0 Å². The molecule has 0 spiro atoms. The van der Waals surface area contributed by atoms with Crippen molar-refractivity contribution in [3.8, 4) is 0 Å². The highest BCUT2D eigenvalue weighted by Gasteiger charge is 2.28. The van der Waals surface area contributed by atoms with Crippen LogP contribution in [0.5, 0.6) is 0 Å². The molecule has 21 heavy (non-hydrogen) atoms. The Balaban J connectivity index is 1.75. The third-order valence-corrected chi connectivity index (χ3v) is 4.38. The molecule has 2 rings (SSSR count). The minimum absolute atomic E-state index is 0.0228. The Bertz CT molecular complexity index is 374. The van der Waals surface area contributed by atoms with E-state index in [1.165, 1.54) is 19.4 Å². The van der Waals surface area contributed by atoms with Crippen LogP contribution in [0, 0.1) is 11.8 Å². The quantitative estimate of drug-likeness (QED) is 0.773. The minimum atomic E-state index is -0.872. The summed E-state index contributed by atoms with van der Waals surface area (Å²) in [5.74, 6) is 0.121. The van der Waals surface area contributed by atoms with Crippen molar-refractivity contribution in [3.63, 3.8) is 0 Å². The highest BCUT2D eigenvalue weighted by atomic mass is 16.4. The van der Waals surface area contributed by atoms with Gasteiger partial charge < -0.3 is 15.3 Å². The number of carboxylic acids is 1. The largest absolute Gasteiger partial charge is 0.481 e. The van der Waals surface area contributed by atoms with Crippen molar-refractivity contribution < 1.29 is 14.7 Å². The maximum Gasteiger partial charge on any atom is 0.317 e. The van der Waals surface area contributed by atoms with Crippen LogP contribution in [-0.2, 0) is 4.79 Å². The van der Waals surface area contributed by atoms with E-state index < -0.39 is 5.97 Å². The molecule has 120 valence electrons. The van der Waals surface area contributed by atoms with Gasteiger partial charge in [0.2, 0.25) is 0 Å². The van der Waals surface area contributed by atoms with Crippen molar-refractivity contribution in [2.75, 3.05) is 32.7 Å². The lowest BCUT2D eigenvalue weighted by atomic mass is 10.0. The zero-order valence-electron chi connectivity index (χ0n) is 13.0. The predicted molar refractivity (Wildman–Crippen MR) is 80.1 cm³/mol. The van der Waals surface area contributed by atoms with Gasteiger partial charge in [-0.2, -0.15) is 0 Å². The number of amides is 2. The number of carboxylic acid groups (broad SMARTS) is 1. The van der Waals surface area contributed by atoms with Crippen LogP contribution in [0.1, 0.15) is 33.1 Å². The van der Waals surface area contributed by atoms with Crippen LogP contribution in [0.15, 0.2) is 0 Å². The van der Waals surface area contributed by atoms with Crippen molar-refractivity contribution in [2.24, 2.45) is 11.8 Å². The smallest absolute Gasteiger partial charge is 0.317 e. The van der Waals surface area contributed by atoms with Crippen LogP contribution < -0.4 is 5.32 Å². The zero-order valence-corrected chi connectivity index (χ0v) is 13.0. The highest BCUT2D eigenvalue weighted by molar-refractivity contribution is 5.76. The second kappa shape index (κ2) is 7.11. The van der Waals surface area contributed by atoms with Gasteiger partial charge in [-0.15, -0.1) is 0 Å². The molecular weight excluding hydrogens is 270 g/mol. The van der Waals surface area contributed by atoms with Crippen molar-refractivity contribution >= 4 is 12.0 Å². The SMILES string of the molecule is CC(C)C(CC(=O)O)NC(=O)N1CCN(CC2CC2)CC1. The van der Waals surface area contributed by atoms with E-state index in [0.717, 1.165) is 32.1 Å². The van der Waals surface area contributed by atoms with E-state index in [-0.39, 0.29) is 24.4 Å². The fraction of sp³-hybridized carbons (Fsp3) is 0.867. The molecule has 2 aliphatic rings. The van der Waals surface area contributed by atoms with E-state index in [2.05, 4.69) is 10.2 Å². The van der Waals surface area contributed by atoms with Crippen molar-refractivity contribution in [3.05, 3.63) is 0 Å². The Hall–Kier alpha value is -1.30. The Kier molecular flexibility index (Phi) is 5.45. The number of rotatable bonds is 6. The van der Waals surface area contributed by atoms with Crippen molar-refractivity contribution in [2.45, 2.75) is 39.2 Å². The molecule has 1 saturated heterocycles. The number of hydrogen-bond acceptors (Lipinski definition) is 3. The summed E-state index contributed by atoms with van der Waals surface area (Å²) in [6.07, 6.45) is 2.68. The van der Waals surface area contributed by atoms with Gasteiger partial charge in [0.25, 0.3) is 0 Å². The monoisotopic (exact) mass is 297 g/mol. The van der Waals surface area contributed by atoms with Gasteiger partial charge >= 0.3 is 12.0 Å². The summed E-state index contributed by atoms with van der Waals surface area (Å²) in [5, 5.41) is 11.8. The third-order valence-electron chi connectivity index (χ3n) is 4.38. The lowest BCUT2D eigenvalue weighted by molar-refractivity contribution is -0.137. The Morgan fingerprint density at radius 2 is 1.81 bits per heavy atom. The third kappa shape index (κ3) is 5.19. The van der Waals surface area contributed by atoms with Gasteiger partial charge in [-0.05, 0) is 24.7 Å². The molecule has 0 aromatic heterocycles. The topological polar surface area (TPSA) is 72.9 Å². The molecular formula is C15H27N3O3. The molecule has 2 fully saturated rings. The van der Waals surface area contributed by atoms with Gasteiger partial charge in [0, 0.05) is 38.8 Å². The molecule has 6 heteroatoms. The first-order valence-electron chi connectivity index (χ1n) is 7.95. The molecule has 1 unspecified atom stereocenters. The second-order valence-electron chi connectivity index (χ2n) is 6.63. The maximum atomic E-state index is 12.2. The molecule has 1 aliphatic heterocycles. The summed E-state index contributed by atoms with van der Waals surface area (Å²) in [7, 11) is 0. The predicted octanol–water partition coefficient (Wildman–Crippen LogP) is 1.22. The zero-order chi connectivity index (χ0) is 15.4. The highest BCUT2D eigenvalue weighted by Crippen LogP contribution is 2.29.